The zero-order valence-electron chi connectivity index (χ0n) is 14.3. The molecule has 0 bridgehead atoms. The van der Waals surface area contributed by atoms with Crippen LogP contribution in [0.3, 0.4) is 0 Å². The van der Waals surface area contributed by atoms with Crippen molar-refractivity contribution in [1.82, 2.24) is 10.0 Å². The highest BCUT2D eigenvalue weighted by Crippen LogP contribution is 2.25. The van der Waals surface area contributed by atoms with E-state index in [9.17, 15) is 13.2 Å². The van der Waals surface area contributed by atoms with Crippen molar-refractivity contribution >= 4 is 16.1 Å². The first-order valence-electron chi connectivity index (χ1n) is 8.03. The molecule has 1 aromatic rings. The van der Waals surface area contributed by atoms with Crippen LogP contribution in [0.5, 0.6) is 0 Å². The van der Waals surface area contributed by atoms with Crippen LogP contribution in [0, 0.1) is 12.8 Å². The van der Waals surface area contributed by atoms with E-state index in [2.05, 4.69) is 31.3 Å². The quantitative estimate of drug-likeness (QED) is 0.857. The van der Waals surface area contributed by atoms with Gasteiger partial charge in [0.25, 0.3) is 10.0 Å². The van der Waals surface area contributed by atoms with Crippen LogP contribution in [0.4, 0.5) is 4.79 Å². The number of urea groups is 1. The van der Waals surface area contributed by atoms with Crippen LogP contribution < -0.4 is 10.0 Å². The van der Waals surface area contributed by atoms with Crippen LogP contribution in [0.25, 0.3) is 0 Å². The summed E-state index contributed by atoms with van der Waals surface area (Å²) in [7, 11) is -3.84. The Kier molecular flexibility index (Phi) is 5.83. The molecule has 5 nitrogen and oxygen atoms in total. The minimum absolute atomic E-state index is 0.0749. The molecular weight excluding hydrogens is 324 g/mol. The number of aryl methyl sites for hydroxylation is 1. The normalized spacial score (nSPS) is 17.7. The molecule has 1 unspecified atom stereocenters. The third kappa shape index (κ3) is 4.71. The molecule has 24 heavy (non-hydrogen) atoms. The van der Waals surface area contributed by atoms with Crippen LogP contribution in [0.15, 0.2) is 52.5 Å². The van der Waals surface area contributed by atoms with E-state index in [-0.39, 0.29) is 4.90 Å². The Hall–Kier alpha value is -2.08. The second kappa shape index (κ2) is 7.66. The highest BCUT2D eigenvalue weighted by Gasteiger charge is 2.17. The highest BCUT2D eigenvalue weighted by molar-refractivity contribution is 7.90. The first kappa shape index (κ1) is 18.3. The number of rotatable bonds is 5. The van der Waals surface area contributed by atoms with Crippen molar-refractivity contribution in [3.8, 4) is 0 Å². The zero-order valence-corrected chi connectivity index (χ0v) is 15.1. The van der Waals surface area contributed by atoms with E-state index in [1.807, 2.05) is 11.6 Å². The van der Waals surface area contributed by atoms with Crippen LogP contribution in [-0.2, 0) is 10.0 Å². The number of sulfonamides is 1. The summed E-state index contributed by atoms with van der Waals surface area (Å²) in [6, 6.07) is 5.64. The Bertz CT molecular complexity index is 762. The standard InChI is InChI=1S/C18H24N2O3S/c1-13-7-9-17(10-8-13)24(22,23)20-18(21)19-12-11-16-6-4-5-14(2)15(16)3/h4,6-10,14H,5,11-12H2,1-3H3,(H2,19,20,21). The van der Waals surface area contributed by atoms with E-state index in [1.54, 1.807) is 12.1 Å². The van der Waals surface area contributed by atoms with E-state index >= 15 is 0 Å². The molecule has 1 aliphatic carbocycles. The molecule has 2 N–H and O–H groups in total. The monoisotopic (exact) mass is 348 g/mol. The molecule has 1 aliphatic rings. The van der Waals surface area contributed by atoms with E-state index in [4.69, 9.17) is 0 Å². The lowest BCUT2D eigenvalue weighted by Gasteiger charge is -2.19. The molecule has 1 aromatic carbocycles. The molecule has 6 heteroatoms. The summed E-state index contributed by atoms with van der Waals surface area (Å²) in [4.78, 5) is 11.9. The number of benzene rings is 1. The second-order valence-electron chi connectivity index (χ2n) is 6.17. The van der Waals surface area contributed by atoms with E-state index < -0.39 is 16.1 Å². The van der Waals surface area contributed by atoms with Gasteiger partial charge in [-0.25, -0.2) is 17.9 Å². The summed E-state index contributed by atoms with van der Waals surface area (Å²) >= 11 is 0. The van der Waals surface area contributed by atoms with Gasteiger partial charge in [-0.3, -0.25) is 0 Å². The third-order valence-corrected chi connectivity index (χ3v) is 5.64. The molecule has 0 heterocycles. The highest BCUT2D eigenvalue weighted by atomic mass is 32.2. The van der Waals surface area contributed by atoms with Gasteiger partial charge < -0.3 is 5.32 Å². The van der Waals surface area contributed by atoms with Gasteiger partial charge in [0, 0.05) is 6.54 Å². The van der Waals surface area contributed by atoms with Crippen molar-refractivity contribution in [1.29, 1.82) is 0 Å². The molecule has 0 radical (unpaired) electrons. The number of allylic oxidation sites excluding steroid dienone is 3. The van der Waals surface area contributed by atoms with Gasteiger partial charge >= 0.3 is 6.03 Å². The molecular formula is C18H24N2O3S. The number of hydrogen-bond donors (Lipinski definition) is 2. The lowest BCUT2D eigenvalue weighted by atomic mass is 9.88. The van der Waals surface area contributed by atoms with Crippen molar-refractivity contribution in [2.45, 2.75) is 38.5 Å². The van der Waals surface area contributed by atoms with Gasteiger partial charge in [-0.15, -0.1) is 0 Å². The summed E-state index contributed by atoms with van der Waals surface area (Å²) in [5.74, 6) is 0.515. The van der Waals surface area contributed by atoms with Crippen molar-refractivity contribution < 1.29 is 13.2 Å². The minimum Gasteiger partial charge on any atom is -0.337 e. The second-order valence-corrected chi connectivity index (χ2v) is 7.85. The molecule has 0 saturated carbocycles. The van der Waals surface area contributed by atoms with Gasteiger partial charge in [0.15, 0.2) is 0 Å². The largest absolute Gasteiger partial charge is 0.337 e. The SMILES string of the molecule is CC1=C(CCNC(=O)NS(=O)(=O)c2ccc(C)cc2)C=CCC1C. The van der Waals surface area contributed by atoms with Gasteiger partial charge in [-0.05, 0) is 50.3 Å². The Morgan fingerprint density at radius 1 is 1.21 bits per heavy atom. The molecule has 0 aromatic heterocycles. The Morgan fingerprint density at radius 2 is 1.88 bits per heavy atom. The maximum absolute atomic E-state index is 12.1. The predicted molar refractivity (Wildman–Crippen MR) is 95.1 cm³/mol. The minimum atomic E-state index is -3.84. The van der Waals surface area contributed by atoms with Gasteiger partial charge in [-0.2, -0.15) is 0 Å². The van der Waals surface area contributed by atoms with Gasteiger partial charge in [0.2, 0.25) is 0 Å². The van der Waals surface area contributed by atoms with Gasteiger partial charge in [0.05, 0.1) is 4.90 Å². The summed E-state index contributed by atoms with van der Waals surface area (Å²) in [5.41, 5.74) is 3.49. The topological polar surface area (TPSA) is 75.3 Å². The van der Waals surface area contributed by atoms with E-state index in [1.165, 1.54) is 23.3 Å². The Balaban J connectivity index is 1.88. The van der Waals surface area contributed by atoms with Crippen LogP contribution in [-0.4, -0.2) is 21.0 Å². The summed E-state index contributed by atoms with van der Waals surface area (Å²) in [5, 5.41) is 2.61. The molecule has 130 valence electrons. The number of carbonyl (C=O) groups excluding carboxylic acids is 1. The lowest BCUT2D eigenvalue weighted by Crippen LogP contribution is -2.39. The van der Waals surface area contributed by atoms with Crippen LogP contribution in [0.1, 0.15) is 32.3 Å². The lowest BCUT2D eigenvalue weighted by molar-refractivity contribution is 0.246. The zero-order chi connectivity index (χ0) is 17.7. The average Bonchev–Trinajstić information content (AvgIpc) is 2.51. The molecule has 0 saturated heterocycles. The summed E-state index contributed by atoms with van der Waals surface area (Å²) < 4.78 is 26.3. The van der Waals surface area contributed by atoms with Crippen molar-refractivity contribution in [2.24, 2.45) is 5.92 Å². The fraction of sp³-hybridized carbons (Fsp3) is 0.389. The maximum Gasteiger partial charge on any atom is 0.328 e. The fourth-order valence-corrected chi connectivity index (χ4v) is 3.49. The van der Waals surface area contributed by atoms with Crippen molar-refractivity contribution in [3.05, 3.63) is 53.1 Å². The smallest absolute Gasteiger partial charge is 0.328 e. The number of carbonyl (C=O) groups is 1. The third-order valence-electron chi connectivity index (χ3n) is 4.29. The van der Waals surface area contributed by atoms with Gasteiger partial charge in [0.1, 0.15) is 0 Å². The van der Waals surface area contributed by atoms with E-state index in [0.29, 0.717) is 18.9 Å². The Morgan fingerprint density at radius 3 is 2.54 bits per heavy atom. The fourth-order valence-electron chi connectivity index (χ4n) is 2.56. The Labute approximate surface area is 143 Å². The predicted octanol–water partition coefficient (Wildman–Crippen LogP) is 3.29. The molecule has 2 amide bonds. The van der Waals surface area contributed by atoms with Crippen LogP contribution >= 0.6 is 0 Å². The summed E-state index contributed by atoms with van der Waals surface area (Å²) in [6.45, 7) is 6.53. The van der Waals surface area contributed by atoms with Gasteiger partial charge in [-0.1, -0.05) is 42.3 Å². The number of hydrogen-bond acceptors (Lipinski definition) is 3. The molecule has 0 spiro atoms. The number of amides is 2. The molecule has 0 aliphatic heterocycles. The molecule has 1 atom stereocenters. The first-order chi connectivity index (χ1) is 11.3. The first-order valence-corrected chi connectivity index (χ1v) is 9.51. The average molecular weight is 348 g/mol. The summed E-state index contributed by atoms with van der Waals surface area (Å²) in [6.07, 6.45) is 5.94. The number of nitrogens with one attached hydrogen (secondary N) is 2. The maximum atomic E-state index is 12.1. The van der Waals surface area contributed by atoms with E-state index in [0.717, 1.165) is 12.0 Å². The molecule has 0 fully saturated rings. The molecule has 2 rings (SSSR count). The van der Waals surface area contributed by atoms with Crippen molar-refractivity contribution in [2.75, 3.05) is 6.54 Å². The van der Waals surface area contributed by atoms with Crippen molar-refractivity contribution in [3.63, 3.8) is 0 Å². The van der Waals surface area contributed by atoms with Crippen LogP contribution in [0.2, 0.25) is 0 Å².